The van der Waals surface area contributed by atoms with Crippen LogP contribution in [0, 0.1) is 11.8 Å². The average Bonchev–Trinajstić information content (AvgIpc) is 4.04. The number of aromatic hydroxyl groups is 1. The lowest BCUT2D eigenvalue weighted by Crippen LogP contribution is -2.66. The number of hydrogen-bond donors (Lipinski definition) is 2. The number of fused-ring (bicyclic) bond motifs is 3. The van der Waals surface area contributed by atoms with Crippen molar-refractivity contribution in [2.75, 3.05) is 40.8 Å². The Labute approximate surface area is 416 Å². The van der Waals surface area contributed by atoms with Gasteiger partial charge in [-0.05, 0) is 63.2 Å². The highest BCUT2D eigenvalue weighted by molar-refractivity contribution is 5.79. The van der Waals surface area contributed by atoms with Gasteiger partial charge in [0.15, 0.2) is 29.1 Å². The summed E-state index contributed by atoms with van der Waals surface area (Å²) in [5.74, 6) is -5.40. The fourth-order valence-electron chi connectivity index (χ4n) is 10.4. The second kappa shape index (κ2) is 22.0. The van der Waals surface area contributed by atoms with Crippen molar-refractivity contribution in [3.63, 3.8) is 0 Å². The molecule has 6 aromatic carbocycles. The first-order valence-electron chi connectivity index (χ1n) is 24.1. The largest absolute Gasteiger partial charge is 0.502 e. The molecular formula is C57H57F2NO12. The van der Waals surface area contributed by atoms with Crippen LogP contribution in [-0.2, 0) is 59.6 Å². The predicted molar refractivity (Wildman–Crippen MR) is 259 cm³/mol. The van der Waals surface area contributed by atoms with E-state index in [2.05, 4.69) is 5.32 Å². The Bertz CT molecular complexity index is 2730. The van der Waals surface area contributed by atoms with Gasteiger partial charge in [-0.3, -0.25) is 4.79 Å². The number of methoxy groups -OCH3 is 2. The lowest BCUT2D eigenvalue weighted by molar-refractivity contribution is -0.309. The molecule has 2 fully saturated rings. The second-order valence-corrected chi connectivity index (χ2v) is 18.4. The molecule has 3 aliphatic heterocycles. The summed E-state index contributed by atoms with van der Waals surface area (Å²) in [7, 11) is 2.83. The van der Waals surface area contributed by atoms with Crippen LogP contribution in [0.15, 0.2) is 146 Å². The van der Waals surface area contributed by atoms with E-state index in [1.54, 1.807) is 24.3 Å². The summed E-state index contributed by atoms with van der Waals surface area (Å²) < 4.78 is 97.8. The Kier molecular flexibility index (Phi) is 15.0. The maximum absolute atomic E-state index is 18.1. The fourth-order valence-corrected chi connectivity index (χ4v) is 10.4. The Morgan fingerprint density at radius 3 is 1.68 bits per heavy atom. The van der Waals surface area contributed by atoms with Crippen molar-refractivity contribution >= 4 is 5.97 Å². The molecule has 13 nitrogen and oxygen atoms in total. The van der Waals surface area contributed by atoms with Crippen LogP contribution in [0.25, 0.3) is 0 Å². The highest BCUT2D eigenvalue weighted by atomic mass is 19.3. The Balaban J connectivity index is 1.02. The number of phenols is 1. The van der Waals surface area contributed by atoms with E-state index in [1.165, 1.54) is 14.2 Å². The number of cyclic esters (lactones) is 1. The van der Waals surface area contributed by atoms with Gasteiger partial charge >= 0.3 is 5.97 Å². The maximum Gasteiger partial charge on any atom is 0.310 e. The van der Waals surface area contributed by atoms with Crippen LogP contribution in [-0.4, -0.2) is 88.3 Å². The summed E-state index contributed by atoms with van der Waals surface area (Å²) in [4.78, 5) is 14.0. The van der Waals surface area contributed by atoms with Crippen LogP contribution >= 0.6 is 0 Å². The zero-order chi connectivity index (χ0) is 49.6. The molecule has 0 bridgehead atoms. The summed E-state index contributed by atoms with van der Waals surface area (Å²) in [6, 6.07) is 44.0. The van der Waals surface area contributed by atoms with E-state index in [0.717, 1.165) is 22.3 Å². The fraction of sp³-hybridized carbons (Fsp3) is 0.351. The van der Waals surface area contributed by atoms with E-state index in [4.69, 9.17) is 47.4 Å². The zero-order valence-electron chi connectivity index (χ0n) is 39.9. The van der Waals surface area contributed by atoms with Crippen molar-refractivity contribution in [2.45, 2.75) is 74.8 Å². The molecule has 15 heteroatoms. The van der Waals surface area contributed by atoms with Crippen LogP contribution in [0.2, 0.25) is 0 Å². The monoisotopic (exact) mass is 985 g/mol. The zero-order valence-corrected chi connectivity index (χ0v) is 39.9. The molecule has 1 aliphatic carbocycles. The van der Waals surface area contributed by atoms with E-state index in [0.29, 0.717) is 28.2 Å². The number of hydrogen-bond acceptors (Lipinski definition) is 13. The minimum absolute atomic E-state index is 0.0265. The van der Waals surface area contributed by atoms with Crippen LogP contribution in [0.5, 0.6) is 28.7 Å². The third kappa shape index (κ3) is 10.5. The van der Waals surface area contributed by atoms with Gasteiger partial charge in [0.25, 0.3) is 5.92 Å². The van der Waals surface area contributed by atoms with Crippen molar-refractivity contribution in [3.8, 4) is 28.7 Å². The Morgan fingerprint density at radius 2 is 1.14 bits per heavy atom. The summed E-state index contributed by atoms with van der Waals surface area (Å²) >= 11 is 0. The van der Waals surface area contributed by atoms with E-state index in [1.807, 2.05) is 121 Å². The molecule has 10 rings (SSSR count). The number of ether oxygens (including phenoxy) is 10. The van der Waals surface area contributed by atoms with Crippen LogP contribution in [0.3, 0.4) is 0 Å². The van der Waals surface area contributed by atoms with Crippen molar-refractivity contribution < 1.29 is 66.1 Å². The molecule has 376 valence electrons. The third-order valence-electron chi connectivity index (χ3n) is 13.9. The highest BCUT2D eigenvalue weighted by Crippen LogP contribution is 2.56. The molecule has 0 spiro atoms. The standard InChI is InChI=1S/C57H57F2NO12/c1-63-45-23-39(24-46(64-2)51(45)61)48-40-25-43-44(71-34-70-43)26-41(40)50(42-31-69-56(62)49(42)48)60-33-57(58,59)55-54(68-30-38-21-13-6-14-22-38)53(67-29-37-19-11-5-12-20-37)52(66-28-36-17-9-4-10-18-36)47(72-55)32-65-27-35-15-7-3-8-16-35/h3-26,42,47-50,52-55,60-61H,27-34H2,1-2H3. The summed E-state index contributed by atoms with van der Waals surface area (Å²) in [5.41, 5.74) is 5.18. The van der Waals surface area contributed by atoms with Gasteiger partial charge in [0.1, 0.15) is 24.4 Å². The van der Waals surface area contributed by atoms with Gasteiger partial charge in [-0.2, -0.15) is 0 Å². The lowest BCUT2D eigenvalue weighted by Gasteiger charge is -2.48. The van der Waals surface area contributed by atoms with E-state index >= 15 is 8.78 Å². The third-order valence-corrected chi connectivity index (χ3v) is 13.9. The molecule has 2 saturated heterocycles. The number of benzene rings is 6. The average molecular weight is 986 g/mol. The minimum atomic E-state index is -3.66. The molecular weight excluding hydrogens is 929 g/mol. The smallest absolute Gasteiger partial charge is 0.310 e. The van der Waals surface area contributed by atoms with Crippen molar-refractivity contribution in [2.24, 2.45) is 11.8 Å². The van der Waals surface area contributed by atoms with E-state index in [9.17, 15) is 9.90 Å². The normalized spacial score (nSPS) is 24.3. The van der Waals surface area contributed by atoms with Crippen molar-refractivity contribution in [1.29, 1.82) is 0 Å². The molecule has 6 aromatic rings. The van der Waals surface area contributed by atoms with E-state index < -0.39 is 72.8 Å². The molecule has 0 amide bonds. The number of nitrogens with one attached hydrogen (secondary N) is 1. The lowest BCUT2D eigenvalue weighted by atomic mass is 9.65. The predicted octanol–water partition coefficient (Wildman–Crippen LogP) is 9.08. The minimum Gasteiger partial charge on any atom is -0.502 e. The van der Waals surface area contributed by atoms with Gasteiger partial charge in [-0.1, -0.05) is 121 Å². The van der Waals surface area contributed by atoms with Crippen molar-refractivity contribution in [1.82, 2.24) is 5.32 Å². The maximum atomic E-state index is 18.1. The molecule has 9 unspecified atom stereocenters. The van der Waals surface area contributed by atoms with Gasteiger partial charge in [0, 0.05) is 17.9 Å². The SMILES string of the molecule is COc1cc(C2c3cc4c(cc3C(NCC(F)(F)C3OC(COCc5ccccc5)C(OCc5ccccc5)C(OCc5ccccc5)C3OCc3ccccc3)C3COC(=O)C23)OCO4)cc(OC)c1O. The number of carbonyl (C=O) groups excluding carboxylic acids is 1. The van der Waals surface area contributed by atoms with Gasteiger partial charge < -0.3 is 57.8 Å². The summed E-state index contributed by atoms with van der Waals surface area (Å²) in [6.07, 6.45) is -6.36. The topological polar surface area (TPSA) is 142 Å². The Hall–Kier alpha value is -6.59. The molecule has 3 heterocycles. The molecule has 9 atom stereocenters. The van der Waals surface area contributed by atoms with Crippen molar-refractivity contribution in [3.05, 3.63) is 185 Å². The molecule has 2 N–H and O–H groups in total. The summed E-state index contributed by atoms with van der Waals surface area (Å²) in [5, 5.41) is 14.1. The number of rotatable bonds is 20. The van der Waals surface area contributed by atoms with Gasteiger partial charge in [-0.25, -0.2) is 8.78 Å². The first-order chi connectivity index (χ1) is 35.2. The number of alkyl halides is 2. The highest BCUT2D eigenvalue weighted by Gasteiger charge is 2.59. The van der Waals surface area contributed by atoms with Gasteiger partial charge in [-0.15, -0.1) is 0 Å². The molecule has 72 heavy (non-hydrogen) atoms. The number of carbonyl (C=O) groups is 1. The van der Waals surface area contributed by atoms with Crippen LogP contribution in [0.4, 0.5) is 8.78 Å². The molecule has 0 aromatic heterocycles. The van der Waals surface area contributed by atoms with Gasteiger partial charge in [0.2, 0.25) is 12.5 Å². The quantitative estimate of drug-likeness (QED) is 0.0704. The van der Waals surface area contributed by atoms with Crippen LogP contribution in [0.1, 0.15) is 50.9 Å². The molecule has 0 saturated carbocycles. The van der Waals surface area contributed by atoms with Gasteiger partial charge in [0.05, 0.1) is 66.3 Å². The Morgan fingerprint density at radius 1 is 0.639 bits per heavy atom. The number of phenolic OH excluding ortho intramolecular Hbond substituents is 1. The van der Waals surface area contributed by atoms with Crippen LogP contribution < -0.4 is 24.3 Å². The first kappa shape index (κ1) is 49.0. The molecule has 0 radical (unpaired) electrons. The number of esters is 1. The first-order valence-corrected chi connectivity index (χ1v) is 24.1. The number of halogens is 2. The molecule has 4 aliphatic rings. The second-order valence-electron chi connectivity index (χ2n) is 18.4. The summed E-state index contributed by atoms with van der Waals surface area (Å²) in [6.45, 7) is -0.735. The van der Waals surface area contributed by atoms with E-state index in [-0.39, 0.29) is 63.7 Å².